The Labute approximate surface area is 189 Å². The van der Waals surface area contributed by atoms with Crippen molar-refractivity contribution >= 4 is 27.5 Å². The van der Waals surface area contributed by atoms with Crippen LogP contribution >= 0.6 is 0 Å². The van der Waals surface area contributed by atoms with E-state index in [1.807, 2.05) is 78.9 Å². The van der Waals surface area contributed by atoms with Crippen LogP contribution in [0.15, 0.2) is 78.9 Å². The van der Waals surface area contributed by atoms with E-state index in [9.17, 15) is 4.79 Å². The molecule has 4 heteroatoms. The Morgan fingerprint density at radius 2 is 1.50 bits per heavy atom. The van der Waals surface area contributed by atoms with Gasteiger partial charge in [0, 0.05) is 12.1 Å². The topological polar surface area (TPSA) is 38.8 Å². The highest BCUT2D eigenvalue weighted by molar-refractivity contribution is 5.92. The quantitative estimate of drug-likeness (QED) is 0.248. The third-order valence-corrected chi connectivity index (χ3v) is 5.83. The van der Waals surface area contributed by atoms with Crippen LogP contribution in [-0.4, -0.2) is 37.1 Å². The predicted molar refractivity (Wildman–Crippen MR) is 131 cm³/mol. The van der Waals surface area contributed by atoms with Gasteiger partial charge in [-0.3, -0.25) is 4.79 Å². The van der Waals surface area contributed by atoms with Crippen molar-refractivity contribution < 1.29 is 14.3 Å². The molecular formula is C28H29NO3. The van der Waals surface area contributed by atoms with E-state index in [-0.39, 0.29) is 12.4 Å². The zero-order valence-corrected chi connectivity index (χ0v) is 18.7. The van der Waals surface area contributed by atoms with Crippen molar-refractivity contribution in [2.45, 2.75) is 20.3 Å². The lowest BCUT2D eigenvalue weighted by Crippen LogP contribution is -2.28. The second kappa shape index (κ2) is 10.3. The first-order valence-corrected chi connectivity index (χ1v) is 11.2. The fourth-order valence-corrected chi connectivity index (χ4v) is 4.00. The summed E-state index contributed by atoms with van der Waals surface area (Å²) in [7, 11) is 0. The number of esters is 1. The van der Waals surface area contributed by atoms with Gasteiger partial charge < -0.3 is 14.4 Å². The van der Waals surface area contributed by atoms with Gasteiger partial charge in [0.15, 0.2) is 0 Å². The highest BCUT2D eigenvalue weighted by Crippen LogP contribution is 2.29. The SMILES string of the molecule is CCN(CC)CCOc1ccc2ccccc2c1CC(=O)Oc1ccc2ccccc2c1. The molecule has 0 bridgehead atoms. The first-order chi connectivity index (χ1) is 15.7. The molecule has 4 aromatic carbocycles. The first kappa shape index (κ1) is 21.8. The van der Waals surface area contributed by atoms with Crippen LogP contribution in [0, 0.1) is 0 Å². The summed E-state index contributed by atoms with van der Waals surface area (Å²) in [5.41, 5.74) is 0.869. The minimum atomic E-state index is -0.301. The molecule has 0 fully saturated rings. The van der Waals surface area contributed by atoms with Gasteiger partial charge in [0.1, 0.15) is 18.1 Å². The Hall–Kier alpha value is -3.37. The van der Waals surface area contributed by atoms with Crippen LogP contribution in [0.2, 0.25) is 0 Å². The van der Waals surface area contributed by atoms with E-state index >= 15 is 0 Å². The van der Waals surface area contributed by atoms with Crippen LogP contribution < -0.4 is 9.47 Å². The van der Waals surface area contributed by atoms with Gasteiger partial charge in [-0.15, -0.1) is 0 Å². The molecule has 0 saturated carbocycles. The molecule has 0 atom stereocenters. The second-order valence-electron chi connectivity index (χ2n) is 7.80. The summed E-state index contributed by atoms with van der Waals surface area (Å²) >= 11 is 0. The Kier molecular flexibility index (Phi) is 7.03. The maximum Gasteiger partial charge on any atom is 0.315 e. The van der Waals surface area contributed by atoms with Crippen LogP contribution in [0.3, 0.4) is 0 Å². The third kappa shape index (κ3) is 5.09. The van der Waals surface area contributed by atoms with Gasteiger partial charge in [-0.2, -0.15) is 0 Å². The van der Waals surface area contributed by atoms with Crippen molar-refractivity contribution in [1.29, 1.82) is 0 Å². The molecule has 4 aromatic rings. The van der Waals surface area contributed by atoms with E-state index in [2.05, 4.69) is 18.7 Å². The predicted octanol–water partition coefficient (Wildman–Crippen LogP) is 5.86. The Morgan fingerprint density at radius 3 is 2.28 bits per heavy atom. The summed E-state index contributed by atoms with van der Waals surface area (Å²) in [5, 5.41) is 4.26. The maximum absolute atomic E-state index is 12.9. The standard InChI is InChI=1S/C28H29NO3/c1-3-29(4-2)17-18-31-27-16-14-22-10-7-8-12-25(22)26(27)20-28(30)32-24-15-13-21-9-5-6-11-23(21)19-24/h5-16,19H,3-4,17-18,20H2,1-2H3. The van der Waals surface area contributed by atoms with Gasteiger partial charge in [-0.25, -0.2) is 0 Å². The van der Waals surface area contributed by atoms with Crippen LogP contribution in [-0.2, 0) is 11.2 Å². The number of carbonyl (C=O) groups excluding carboxylic acids is 1. The molecule has 4 nitrogen and oxygen atoms in total. The van der Waals surface area contributed by atoms with Crippen LogP contribution in [0.1, 0.15) is 19.4 Å². The minimum Gasteiger partial charge on any atom is -0.492 e. The molecule has 0 aliphatic rings. The molecule has 0 aromatic heterocycles. The molecular weight excluding hydrogens is 398 g/mol. The number of rotatable bonds is 9. The third-order valence-electron chi connectivity index (χ3n) is 5.83. The molecule has 32 heavy (non-hydrogen) atoms. The highest BCUT2D eigenvalue weighted by atomic mass is 16.5. The van der Waals surface area contributed by atoms with E-state index in [1.54, 1.807) is 0 Å². The maximum atomic E-state index is 12.9. The second-order valence-corrected chi connectivity index (χ2v) is 7.80. The summed E-state index contributed by atoms with van der Waals surface area (Å²) in [5.74, 6) is 0.995. The summed E-state index contributed by atoms with van der Waals surface area (Å²) in [6.07, 6.45) is 0.148. The molecule has 0 N–H and O–H groups in total. The number of carbonyl (C=O) groups is 1. The summed E-state index contributed by atoms with van der Waals surface area (Å²) < 4.78 is 11.8. The van der Waals surface area contributed by atoms with Crippen molar-refractivity contribution in [2.24, 2.45) is 0 Å². The van der Waals surface area contributed by atoms with Crippen molar-refractivity contribution in [1.82, 2.24) is 4.90 Å². The highest BCUT2D eigenvalue weighted by Gasteiger charge is 2.15. The van der Waals surface area contributed by atoms with E-state index in [4.69, 9.17) is 9.47 Å². The molecule has 164 valence electrons. The number of likely N-dealkylation sites (N-methyl/N-ethyl adjacent to an activating group) is 1. The molecule has 0 heterocycles. The number of nitrogens with zero attached hydrogens (tertiary/aromatic N) is 1. The van der Waals surface area contributed by atoms with Crippen LogP contribution in [0.25, 0.3) is 21.5 Å². The zero-order chi connectivity index (χ0) is 22.3. The van der Waals surface area contributed by atoms with Crippen molar-refractivity contribution in [3.05, 3.63) is 84.4 Å². The number of benzene rings is 4. The zero-order valence-electron chi connectivity index (χ0n) is 18.7. The fourth-order valence-electron chi connectivity index (χ4n) is 4.00. The van der Waals surface area contributed by atoms with Gasteiger partial charge in [0.25, 0.3) is 0 Å². The van der Waals surface area contributed by atoms with Gasteiger partial charge in [-0.05, 0) is 52.8 Å². The van der Waals surface area contributed by atoms with Gasteiger partial charge in [0.2, 0.25) is 0 Å². The van der Waals surface area contributed by atoms with Crippen molar-refractivity contribution in [3.63, 3.8) is 0 Å². The summed E-state index contributed by atoms with van der Waals surface area (Å²) in [6, 6.07) is 25.8. The first-order valence-electron chi connectivity index (χ1n) is 11.2. The average Bonchev–Trinajstić information content (AvgIpc) is 2.83. The number of ether oxygens (including phenoxy) is 2. The molecule has 0 amide bonds. The van der Waals surface area contributed by atoms with E-state index in [0.717, 1.165) is 52.5 Å². The van der Waals surface area contributed by atoms with Gasteiger partial charge >= 0.3 is 5.97 Å². The molecule has 4 rings (SSSR count). The number of hydrogen-bond acceptors (Lipinski definition) is 4. The lowest BCUT2D eigenvalue weighted by atomic mass is 10.0. The Balaban J connectivity index is 1.54. The minimum absolute atomic E-state index is 0.148. The van der Waals surface area contributed by atoms with Crippen molar-refractivity contribution in [2.75, 3.05) is 26.2 Å². The number of fused-ring (bicyclic) bond motifs is 2. The fraction of sp³-hybridized carbons (Fsp3) is 0.250. The Bertz CT molecular complexity index is 1210. The smallest absolute Gasteiger partial charge is 0.315 e. The average molecular weight is 428 g/mol. The van der Waals surface area contributed by atoms with Gasteiger partial charge in [-0.1, -0.05) is 74.5 Å². The van der Waals surface area contributed by atoms with E-state index < -0.39 is 0 Å². The molecule has 0 radical (unpaired) electrons. The molecule has 0 aliphatic carbocycles. The monoisotopic (exact) mass is 427 g/mol. The molecule has 0 saturated heterocycles. The van der Waals surface area contributed by atoms with E-state index in [1.165, 1.54) is 0 Å². The molecule has 0 spiro atoms. The largest absolute Gasteiger partial charge is 0.492 e. The molecule has 0 aliphatic heterocycles. The van der Waals surface area contributed by atoms with Gasteiger partial charge in [0.05, 0.1) is 6.42 Å². The Morgan fingerprint density at radius 1 is 0.812 bits per heavy atom. The van der Waals surface area contributed by atoms with Crippen LogP contribution in [0.4, 0.5) is 0 Å². The van der Waals surface area contributed by atoms with Crippen LogP contribution in [0.5, 0.6) is 11.5 Å². The number of hydrogen-bond donors (Lipinski definition) is 0. The van der Waals surface area contributed by atoms with Crippen molar-refractivity contribution in [3.8, 4) is 11.5 Å². The van der Waals surface area contributed by atoms with E-state index in [0.29, 0.717) is 12.4 Å². The normalized spacial score (nSPS) is 11.2. The lowest BCUT2D eigenvalue weighted by molar-refractivity contribution is -0.133. The summed E-state index contributed by atoms with van der Waals surface area (Å²) in [4.78, 5) is 15.2. The lowest BCUT2D eigenvalue weighted by Gasteiger charge is -2.19. The molecule has 0 unspecified atom stereocenters. The summed E-state index contributed by atoms with van der Waals surface area (Å²) in [6.45, 7) is 7.69.